The molecule has 8 nitrogen and oxygen atoms in total. The van der Waals surface area contributed by atoms with Crippen molar-refractivity contribution in [2.45, 2.75) is 64.8 Å². The van der Waals surface area contributed by atoms with Crippen LogP contribution in [0.3, 0.4) is 0 Å². The summed E-state index contributed by atoms with van der Waals surface area (Å²) in [5.41, 5.74) is 1.36. The molecule has 11 heteroatoms. The number of amides is 2. The van der Waals surface area contributed by atoms with Crippen LogP contribution in [0.4, 0.5) is 4.79 Å². The third-order valence-corrected chi connectivity index (χ3v) is 7.18. The Morgan fingerprint density at radius 3 is 2.19 bits per heavy atom. The Hall–Kier alpha value is -2.65. The van der Waals surface area contributed by atoms with Crippen molar-refractivity contribution in [3.63, 3.8) is 0 Å². The molecule has 0 saturated carbocycles. The number of unbranched alkanes of at least 4 members (excludes halogenated alkanes) is 3. The van der Waals surface area contributed by atoms with Crippen LogP contribution in [0.1, 0.15) is 63.7 Å². The maximum Gasteiger partial charge on any atom is 0.407 e. The smallest absolute Gasteiger partial charge is 0.407 e. The quantitative estimate of drug-likeness (QED) is 0.201. The third-order valence-electron chi connectivity index (χ3n) is 6.37. The van der Waals surface area contributed by atoms with Crippen molar-refractivity contribution in [2.24, 2.45) is 0 Å². The minimum absolute atomic E-state index is 0.0237. The highest BCUT2D eigenvalue weighted by Gasteiger charge is 2.23. The van der Waals surface area contributed by atoms with Crippen LogP contribution in [-0.4, -0.2) is 60.2 Å². The fourth-order valence-corrected chi connectivity index (χ4v) is 4.96. The van der Waals surface area contributed by atoms with E-state index in [0.29, 0.717) is 48.0 Å². The number of carbonyl (C=O) groups is 2. The first-order valence-corrected chi connectivity index (χ1v) is 15.3. The number of nitrogens with one attached hydrogen (secondary N) is 2. The van der Waals surface area contributed by atoms with Gasteiger partial charge in [0.2, 0.25) is 5.91 Å². The summed E-state index contributed by atoms with van der Waals surface area (Å²) in [6, 6.07) is 12.9. The number of hydrogen-bond donors (Lipinski definition) is 2. The molecule has 2 N–H and O–H groups in total. The number of alkyl carbamates (subject to hydrolysis) is 1. The van der Waals surface area contributed by atoms with E-state index in [9.17, 15) is 9.59 Å². The zero-order valence-electron chi connectivity index (χ0n) is 24.5. The molecule has 42 heavy (non-hydrogen) atoms. The summed E-state index contributed by atoms with van der Waals surface area (Å²) in [7, 11) is 0. The van der Waals surface area contributed by atoms with Gasteiger partial charge in [-0.15, -0.1) is 0 Å². The van der Waals surface area contributed by atoms with Crippen LogP contribution in [0.5, 0.6) is 0 Å². The van der Waals surface area contributed by atoms with Gasteiger partial charge in [0.05, 0.1) is 19.8 Å². The lowest BCUT2D eigenvalue weighted by Gasteiger charge is -2.27. The maximum atomic E-state index is 12.5. The molecule has 0 aromatic heterocycles. The average Bonchev–Trinajstić information content (AvgIpc) is 3.34. The largest absolute Gasteiger partial charge is 0.444 e. The van der Waals surface area contributed by atoms with Gasteiger partial charge in [-0.3, -0.25) is 4.79 Å². The number of ether oxygens (including phenoxy) is 2. The van der Waals surface area contributed by atoms with E-state index in [2.05, 4.69) is 15.5 Å². The van der Waals surface area contributed by atoms with Crippen LogP contribution < -0.4 is 10.6 Å². The predicted octanol–water partition coefficient (Wildman–Crippen LogP) is 7.15. The van der Waals surface area contributed by atoms with Gasteiger partial charge in [-0.25, -0.2) is 4.79 Å². The van der Waals surface area contributed by atoms with Gasteiger partial charge in [0.25, 0.3) is 0 Å². The van der Waals surface area contributed by atoms with Crippen molar-refractivity contribution in [1.82, 2.24) is 20.4 Å². The molecule has 230 valence electrons. The SMILES string of the molecule is CC(C)(C)OC(=O)NCCCCCCNC(=O)CN1C=CN(CC(OCc2ccc(Cl)cc2)c2ccc(Cl)cc2Cl)C1. The molecular formula is C31H41Cl3N4O4. The van der Waals surface area contributed by atoms with Gasteiger partial charge < -0.3 is 29.9 Å². The molecule has 0 bridgehead atoms. The number of carbonyl (C=O) groups excluding carboxylic acids is 2. The third kappa shape index (κ3) is 12.7. The Bertz CT molecular complexity index is 1190. The summed E-state index contributed by atoms with van der Waals surface area (Å²) in [4.78, 5) is 28.2. The summed E-state index contributed by atoms with van der Waals surface area (Å²) >= 11 is 18.7. The standard InChI is InChI=1S/C31H41Cl3N4O4/c1-31(2,3)42-30(40)36-15-7-5-4-6-14-35-29(39)20-38-17-16-37(22-38)19-28(26-13-12-25(33)18-27(26)34)41-21-23-8-10-24(32)11-9-23/h8-13,16-18,28H,4-7,14-15,19-22H2,1-3H3,(H,35,39)(H,36,40). The maximum absolute atomic E-state index is 12.5. The van der Waals surface area contributed by atoms with Crippen molar-refractivity contribution >= 4 is 46.8 Å². The van der Waals surface area contributed by atoms with Gasteiger partial charge in [-0.2, -0.15) is 0 Å². The highest BCUT2D eigenvalue weighted by molar-refractivity contribution is 6.35. The van der Waals surface area contributed by atoms with E-state index in [-0.39, 0.29) is 24.6 Å². The Balaban J connectivity index is 1.36. The molecule has 2 aromatic carbocycles. The molecule has 2 aromatic rings. The summed E-state index contributed by atoms with van der Waals surface area (Å²) < 4.78 is 11.5. The second-order valence-corrected chi connectivity index (χ2v) is 12.5. The van der Waals surface area contributed by atoms with E-state index in [0.717, 1.165) is 36.8 Å². The first-order valence-electron chi connectivity index (χ1n) is 14.2. The normalized spacial score (nSPS) is 13.8. The Morgan fingerprint density at radius 1 is 0.881 bits per heavy atom. The molecule has 0 saturated heterocycles. The zero-order valence-corrected chi connectivity index (χ0v) is 26.8. The van der Waals surface area contributed by atoms with Gasteiger partial charge in [0.15, 0.2) is 0 Å². The van der Waals surface area contributed by atoms with Crippen molar-refractivity contribution in [3.8, 4) is 0 Å². The van der Waals surface area contributed by atoms with Crippen molar-refractivity contribution < 1.29 is 19.1 Å². The molecule has 1 aliphatic heterocycles. The number of halogens is 3. The van der Waals surface area contributed by atoms with E-state index >= 15 is 0 Å². The van der Waals surface area contributed by atoms with Crippen LogP contribution in [0.25, 0.3) is 0 Å². The van der Waals surface area contributed by atoms with Crippen molar-refractivity contribution in [3.05, 3.63) is 81.1 Å². The Kier molecular flexibility index (Phi) is 13.6. The molecule has 3 rings (SSSR count). The van der Waals surface area contributed by atoms with Crippen LogP contribution in [0, 0.1) is 0 Å². The minimum Gasteiger partial charge on any atom is -0.444 e. The molecule has 0 radical (unpaired) electrons. The first kappa shape index (κ1) is 33.8. The molecule has 1 atom stereocenters. The minimum atomic E-state index is -0.494. The second-order valence-electron chi connectivity index (χ2n) is 11.2. The number of benzene rings is 2. The highest BCUT2D eigenvalue weighted by Crippen LogP contribution is 2.30. The van der Waals surface area contributed by atoms with Crippen LogP contribution in [0.2, 0.25) is 15.1 Å². The molecular weight excluding hydrogens is 599 g/mol. The van der Waals surface area contributed by atoms with Crippen LogP contribution in [0.15, 0.2) is 54.9 Å². The van der Waals surface area contributed by atoms with E-state index in [1.165, 1.54) is 0 Å². The van der Waals surface area contributed by atoms with E-state index < -0.39 is 5.60 Å². The van der Waals surface area contributed by atoms with Gasteiger partial charge >= 0.3 is 6.09 Å². The second kappa shape index (κ2) is 16.8. The molecule has 1 aliphatic rings. The zero-order chi connectivity index (χ0) is 30.5. The first-order chi connectivity index (χ1) is 20.0. The lowest BCUT2D eigenvalue weighted by atomic mass is 10.1. The van der Waals surface area contributed by atoms with Crippen LogP contribution in [-0.2, 0) is 20.9 Å². The summed E-state index contributed by atoms with van der Waals surface area (Å²) in [5, 5.41) is 7.54. The molecule has 0 fully saturated rings. The van der Waals surface area contributed by atoms with E-state index in [1.807, 2.05) is 68.4 Å². The molecule has 0 spiro atoms. The van der Waals surface area contributed by atoms with Crippen molar-refractivity contribution in [2.75, 3.05) is 32.8 Å². The average molecular weight is 640 g/mol. The molecule has 1 unspecified atom stereocenters. The molecule has 2 amide bonds. The molecule has 1 heterocycles. The summed E-state index contributed by atoms with van der Waals surface area (Å²) in [6.45, 7) is 8.49. The highest BCUT2D eigenvalue weighted by atomic mass is 35.5. The lowest BCUT2D eigenvalue weighted by molar-refractivity contribution is -0.121. The predicted molar refractivity (Wildman–Crippen MR) is 169 cm³/mol. The Morgan fingerprint density at radius 2 is 1.52 bits per heavy atom. The fourth-order valence-electron chi connectivity index (χ4n) is 4.31. The van der Waals surface area contributed by atoms with Gasteiger partial charge in [-0.05, 0) is 63.4 Å². The fraction of sp³-hybridized carbons (Fsp3) is 0.484. The van der Waals surface area contributed by atoms with Gasteiger partial charge in [0.1, 0.15) is 11.7 Å². The topological polar surface area (TPSA) is 83.1 Å². The number of nitrogens with zero attached hydrogens (tertiary/aromatic N) is 2. The van der Waals surface area contributed by atoms with Crippen molar-refractivity contribution in [1.29, 1.82) is 0 Å². The van der Waals surface area contributed by atoms with Crippen LogP contribution >= 0.6 is 34.8 Å². The van der Waals surface area contributed by atoms with E-state index in [1.54, 1.807) is 12.1 Å². The summed E-state index contributed by atoms with van der Waals surface area (Å²) in [5.74, 6) is -0.0237. The van der Waals surface area contributed by atoms with E-state index in [4.69, 9.17) is 44.3 Å². The molecule has 0 aliphatic carbocycles. The van der Waals surface area contributed by atoms with Gasteiger partial charge in [-0.1, -0.05) is 65.8 Å². The van der Waals surface area contributed by atoms with Gasteiger partial charge in [0, 0.05) is 52.7 Å². The summed E-state index contributed by atoms with van der Waals surface area (Å²) in [6.07, 6.45) is 6.86. The Labute approximate surface area is 264 Å². The number of rotatable bonds is 15. The monoisotopic (exact) mass is 638 g/mol. The lowest BCUT2D eigenvalue weighted by Crippen LogP contribution is -2.37. The number of hydrogen-bond acceptors (Lipinski definition) is 6.